The summed E-state index contributed by atoms with van der Waals surface area (Å²) in [5, 5.41) is 8.83. The minimum atomic E-state index is -0.892. The van der Waals surface area contributed by atoms with E-state index in [1.165, 1.54) is 11.1 Å². The molecule has 0 aliphatic heterocycles. The van der Waals surface area contributed by atoms with Gasteiger partial charge in [0, 0.05) is 17.7 Å². The molecule has 5 heteroatoms. The first kappa shape index (κ1) is 16.3. The SMILES string of the molecule is CCOC(=O)[C@H](C#N)C=NCCCSc1ccccc1. The summed E-state index contributed by atoms with van der Waals surface area (Å²) in [5.41, 5.74) is 0. The topological polar surface area (TPSA) is 62.5 Å². The number of esters is 1. The molecule has 0 saturated heterocycles. The maximum Gasteiger partial charge on any atom is 0.328 e. The summed E-state index contributed by atoms with van der Waals surface area (Å²) in [5.74, 6) is -0.466. The van der Waals surface area contributed by atoms with Gasteiger partial charge in [-0.1, -0.05) is 18.2 Å². The predicted octanol–water partition coefficient (Wildman–Crippen LogP) is 2.94. The molecule has 0 amide bonds. The zero-order chi connectivity index (χ0) is 14.6. The fourth-order valence-electron chi connectivity index (χ4n) is 1.42. The van der Waals surface area contributed by atoms with Crippen LogP contribution in [0.2, 0.25) is 0 Å². The van der Waals surface area contributed by atoms with Crippen molar-refractivity contribution in [1.29, 1.82) is 5.26 Å². The largest absolute Gasteiger partial charge is 0.465 e. The monoisotopic (exact) mass is 290 g/mol. The summed E-state index contributed by atoms with van der Waals surface area (Å²) in [6.07, 6.45) is 2.28. The van der Waals surface area contributed by atoms with Crippen molar-refractivity contribution in [3.05, 3.63) is 30.3 Å². The van der Waals surface area contributed by atoms with Gasteiger partial charge in [-0.05, 0) is 31.2 Å². The second-order valence-corrected chi connectivity index (χ2v) is 5.10. The van der Waals surface area contributed by atoms with E-state index in [1.807, 2.05) is 24.3 Å². The number of thioether (sulfide) groups is 1. The Hall–Kier alpha value is -1.80. The van der Waals surface area contributed by atoms with Crippen LogP contribution in [-0.2, 0) is 9.53 Å². The zero-order valence-corrected chi connectivity index (χ0v) is 12.3. The highest BCUT2D eigenvalue weighted by Gasteiger charge is 2.15. The van der Waals surface area contributed by atoms with Crippen molar-refractivity contribution in [2.24, 2.45) is 10.9 Å². The summed E-state index contributed by atoms with van der Waals surface area (Å²) in [6, 6.07) is 12.0. The minimum Gasteiger partial charge on any atom is -0.465 e. The summed E-state index contributed by atoms with van der Waals surface area (Å²) in [4.78, 5) is 16.7. The Bertz CT molecular complexity index is 469. The van der Waals surface area contributed by atoms with Gasteiger partial charge in [0.2, 0.25) is 0 Å². The van der Waals surface area contributed by atoms with E-state index in [1.54, 1.807) is 18.7 Å². The van der Waals surface area contributed by atoms with Crippen LogP contribution in [0.15, 0.2) is 40.2 Å². The standard InChI is InChI=1S/C15H18N2O2S/c1-2-19-15(18)13(11-16)12-17-9-6-10-20-14-7-4-3-5-8-14/h3-5,7-8,12-13H,2,6,9-10H2,1H3/t13-/m1/s1. The molecule has 0 spiro atoms. The Morgan fingerprint density at radius 3 is 2.90 bits per heavy atom. The van der Waals surface area contributed by atoms with E-state index in [2.05, 4.69) is 17.1 Å². The molecule has 1 aromatic carbocycles. The van der Waals surface area contributed by atoms with Crippen molar-refractivity contribution in [2.45, 2.75) is 18.2 Å². The lowest BCUT2D eigenvalue weighted by molar-refractivity contribution is -0.143. The minimum absolute atomic E-state index is 0.276. The molecule has 0 aliphatic rings. The maximum atomic E-state index is 11.3. The van der Waals surface area contributed by atoms with Crippen LogP contribution in [0.1, 0.15) is 13.3 Å². The lowest BCUT2D eigenvalue weighted by Crippen LogP contribution is -2.17. The van der Waals surface area contributed by atoms with E-state index in [0.717, 1.165) is 12.2 Å². The molecular formula is C15H18N2O2S. The first-order valence-corrected chi connectivity index (χ1v) is 7.50. The Labute approximate surface area is 123 Å². The third-order valence-corrected chi connectivity index (χ3v) is 3.48. The van der Waals surface area contributed by atoms with E-state index < -0.39 is 11.9 Å². The van der Waals surface area contributed by atoms with Crippen LogP contribution >= 0.6 is 11.8 Å². The maximum absolute atomic E-state index is 11.3. The Morgan fingerprint density at radius 2 is 2.25 bits per heavy atom. The van der Waals surface area contributed by atoms with Crippen LogP contribution in [0, 0.1) is 17.2 Å². The molecule has 1 atom stereocenters. The highest BCUT2D eigenvalue weighted by atomic mass is 32.2. The smallest absolute Gasteiger partial charge is 0.328 e. The van der Waals surface area contributed by atoms with Crippen molar-refractivity contribution in [3.63, 3.8) is 0 Å². The second-order valence-electron chi connectivity index (χ2n) is 3.93. The number of carbonyl (C=O) groups is 1. The van der Waals surface area contributed by atoms with Crippen LogP contribution < -0.4 is 0 Å². The molecule has 0 fully saturated rings. The number of nitriles is 1. The van der Waals surface area contributed by atoms with Crippen LogP contribution in [0.5, 0.6) is 0 Å². The van der Waals surface area contributed by atoms with Gasteiger partial charge >= 0.3 is 5.97 Å². The summed E-state index contributed by atoms with van der Waals surface area (Å²) in [7, 11) is 0. The Kier molecular flexibility index (Phi) is 8.16. The number of carbonyl (C=O) groups excluding carboxylic acids is 1. The van der Waals surface area contributed by atoms with Crippen molar-refractivity contribution in [1.82, 2.24) is 0 Å². The molecule has 0 heterocycles. The highest BCUT2D eigenvalue weighted by Crippen LogP contribution is 2.17. The molecule has 0 radical (unpaired) electrons. The normalized spacial score (nSPS) is 12.0. The van der Waals surface area contributed by atoms with Gasteiger partial charge in [0.25, 0.3) is 0 Å². The number of aliphatic imine (C=N–C) groups is 1. The number of nitrogens with zero attached hydrogens (tertiary/aromatic N) is 2. The molecule has 0 N–H and O–H groups in total. The Morgan fingerprint density at radius 1 is 1.50 bits per heavy atom. The van der Waals surface area contributed by atoms with E-state index in [4.69, 9.17) is 10.00 Å². The molecule has 0 aromatic heterocycles. The zero-order valence-electron chi connectivity index (χ0n) is 11.5. The fraction of sp³-hybridized carbons (Fsp3) is 0.400. The number of benzene rings is 1. The summed E-state index contributed by atoms with van der Waals surface area (Å²) < 4.78 is 4.77. The van der Waals surface area contributed by atoms with E-state index in [0.29, 0.717) is 6.54 Å². The van der Waals surface area contributed by atoms with Gasteiger partial charge in [0.1, 0.15) is 0 Å². The van der Waals surface area contributed by atoms with Gasteiger partial charge in [0.15, 0.2) is 5.92 Å². The first-order valence-electron chi connectivity index (χ1n) is 6.52. The molecule has 4 nitrogen and oxygen atoms in total. The number of hydrogen-bond acceptors (Lipinski definition) is 5. The first-order chi connectivity index (χ1) is 9.77. The average Bonchev–Trinajstić information content (AvgIpc) is 2.48. The van der Waals surface area contributed by atoms with E-state index in [-0.39, 0.29) is 6.61 Å². The highest BCUT2D eigenvalue weighted by molar-refractivity contribution is 7.99. The average molecular weight is 290 g/mol. The molecule has 20 heavy (non-hydrogen) atoms. The van der Waals surface area contributed by atoms with Crippen LogP contribution in [0.3, 0.4) is 0 Å². The molecule has 1 aromatic rings. The summed E-state index contributed by atoms with van der Waals surface area (Å²) in [6.45, 7) is 2.60. The third kappa shape index (κ3) is 6.39. The molecule has 0 unspecified atom stereocenters. The number of rotatable bonds is 8. The summed E-state index contributed by atoms with van der Waals surface area (Å²) >= 11 is 1.77. The van der Waals surface area contributed by atoms with Gasteiger partial charge < -0.3 is 4.74 Å². The predicted molar refractivity (Wildman–Crippen MR) is 80.9 cm³/mol. The van der Waals surface area contributed by atoms with Crippen molar-refractivity contribution >= 4 is 23.9 Å². The van der Waals surface area contributed by atoms with Gasteiger partial charge in [-0.2, -0.15) is 5.26 Å². The number of ether oxygens (including phenoxy) is 1. The van der Waals surface area contributed by atoms with Crippen LogP contribution in [0.4, 0.5) is 0 Å². The molecule has 0 saturated carbocycles. The van der Waals surface area contributed by atoms with Gasteiger partial charge in [-0.3, -0.25) is 9.79 Å². The van der Waals surface area contributed by atoms with Crippen LogP contribution in [-0.4, -0.2) is 31.1 Å². The van der Waals surface area contributed by atoms with Crippen molar-refractivity contribution < 1.29 is 9.53 Å². The van der Waals surface area contributed by atoms with Crippen LogP contribution in [0.25, 0.3) is 0 Å². The molecule has 1 rings (SSSR count). The van der Waals surface area contributed by atoms with Gasteiger partial charge in [0.05, 0.1) is 12.7 Å². The molecule has 106 valence electrons. The Balaban J connectivity index is 2.21. The third-order valence-electron chi connectivity index (χ3n) is 2.38. The molecule has 0 bridgehead atoms. The number of hydrogen-bond donors (Lipinski definition) is 0. The molecule has 0 aliphatic carbocycles. The van der Waals surface area contributed by atoms with E-state index in [9.17, 15) is 4.79 Å². The quantitative estimate of drug-likeness (QED) is 0.319. The fourth-order valence-corrected chi connectivity index (χ4v) is 2.28. The van der Waals surface area contributed by atoms with Gasteiger partial charge in [-0.15, -0.1) is 11.8 Å². The van der Waals surface area contributed by atoms with Gasteiger partial charge in [-0.25, -0.2) is 0 Å². The second kappa shape index (κ2) is 10.0. The lowest BCUT2D eigenvalue weighted by Gasteiger charge is -2.02. The van der Waals surface area contributed by atoms with Crippen molar-refractivity contribution in [3.8, 4) is 6.07 Å². The van der Waals surface area contributed by atoms with Crippen molar-refractivity contribution in [2.75, 3.05) is 18.9 Å². The lowest BCUT2D eigenvalue weighted by atomic mass is 10.2. The molecular weight excluding hydrogens is 272 g/mol. The van der Waals surface area contributed by atoms with E-state index >= 15 is 0 Å².